The third-order valence-corrected chi connectivity index (χ3v) is 3.59. The van der Waals surface area contributed by atoms with Crippen molar-refractivity contribution in [2.75, 3.05) is 5.73 Å². The maximum absolute atomic E-state index is 12.5. The molecule has 0 radical (unpaired) electrons. The lowest BCUT2D eigenvalue weighted by molar-refractivity contribution is 0.104. The summed E-state index contributed by atoms with van der Waals surface area (Å²) in [6.45, 7) is 0. The zero-order valence-electron chi connectivity index (χ0n) is 9.98. The van der Waals surface area contributed by atoms with E-state index < -0.39 is 0 Å². The van der Waals surface area contributed by atoms with Crippen LogP contribution in [-0.2, 0) is 0 Å². The van der Waals surface area contributed by atoms with Crippen molar-refractivity contribution in [3.05, 3.63) is 64.3 Å². The van der Waals surface area contributed by atoms with Gasteiger partial charge in [0.1, 0.15) is 0 Å². The third kappa shape index (κ3) is 2.04. The van der Waals surface area contributed by atoms with Crippen molar-refractivity contribution in [1.29, 1.82) is 0 Å². The summed E-state index contributed by atoms with van der Waals surface area (Å²) in [6, 6.07) is 12.9. The lowest BCUT2D eigenvalue weighted by atomic mass is 10.0. The molecule has 4 heteroatoms. The molecule has 0 unspecified atom stereocenters. The Morgan fingerprint density at radius 3 is 2.68 bits per heavy atom. The van der Waals surface area contributed by atoms with Crippen molar-refractivity contribution in [1.82, 2.24) is 4.98 Å². The standard InChI is InChI=1S/C15H11BrN2O/c16-9-5-6-10-12(8-18-14(10)7-9)15(19)11-3-1-2-4-13(11)17/h1-8,18H,17H2. The highest BCUT2D eigenvalue weighted by Gasteiger charge is 2.16. The maximum atomic E-state index is 12.5. The van der Waals surface area contributed by atoms with E-state index in [1.54, 1.807) is 18.3 Å². The normalized spacial score (nSPS) is 10.8. The van der Waals surface area contributed by atoms with Gasteiger partial charge in [-0.3, -0.25) is 4.79 Å². The zero-order chi connectivity index (χ0) is 13.4. The number of benzene rings is 2. The van der Waals surface area contributed by atoms with Gasteiger partial charge in [-0.25, -0.2) is 0 Å². The van der Waals surface area contributed by atoms with Gasteiger partial charge in [-0.2, -0.15) is 0 Å². The van der Waals surface area contributed by atoms with Crippen LogP contribution in [0.25, 0.3) is 10.9 Å². The second kappa shape index (κ2) is 4.55. The fourth-order valence-electron chi connectivity index (χ4n) is 2.14. The summed E-state index contributed by atoms with van der Waals surface area (Å²) in [5.41, 5.74) is 8.45. The minimum atomic E-state index is -0.0633. The Kier molecular flexibility index (Phi) is 2.87. The molecule has 3 rings (SSSR count). The number of nitrogens with one attached hydrogen (secondary N) is 1. The minimum Gasteiger partial charge on any atom is -0.398 e. The summed E-state index contributed by atoms with van der Waals surface area (Å²) < 4.78 is 0.972. The molecule has 0 aliphatic heterocycles. The number of fused-ring (bicyclic) bond motifs is 1. The van der Waals surface area contributed by atoms with Crippen LogP contribution >= 0.6 is 15.9 Å². The molecular formula is C15H11BrN2O. The van der Waals surface area contributed by atoms with Crippen LogP contribution in [0.5, 0.6) is 0 Å². The topological polar surface area (TPSA) is 58.9 Å². The Hall–Kier alpha value is -2.07. The van der Waals surface area contributed by atoms with Crippen LogP contribution in [0.1, 0.15) is 15.9 Å². The first-order valence-corrected chi connectivity index (χ1v) is 6.62. The number of hydrogen-bond donors (Lipinski definition) is 2. The number of H-pyrrole nitrogens is 1. The molecule has 1 aromatic heterocycles. The maximum Gasteiger partial charge on any atom is 0.197 e. The van der Waals surface area contributed by atoms with Crippen LogP contribution in [-0.4, -0.2) is 10.8 Å². The van der Waals surface area contributed by atoms with Gasteiger partial charge in [0, 0.05) is 38.4 Å². The van der Waals surface area contributed by atoms with Crippen molar-refractivity contribution in [2.45, 2.75) is 0 Å². The van der Waals surface area contributed by atoms with Gasteiger partial charge in [0.2, 0.25) is 0 Å². The highest BCUT2D eigenvalue weighted by atomic mass is 79.9. The molecule has 94 valence electrons. The van der Waals surface area contributed by atoms with E-state index in [0.717, 1.165) is 15.4 Å². The van der Waals surface area contributed by atoms with Gasteiger partial charge in [-0.1, -0.05) is 34.1 Å². The Balaban J connectivity index is 2.15. The summed E-state index contributed by atoms with van der Waals surface area (Å²) >= 11 is 3.41. The summed E-state index contributed by atoms with van der Waals surface area (Å²) in [5.74, 6) is -0.0633. The number of nitrogen functional groups attached to an aromatic ring is 1. The van der Waals surface area contributed by atoms with E-state index in [1.807, 2.05) is 30.3 Å². The fourth-order valence-corrected chi connectivity index (χ4v) is 2.50. The van der Waals surface area contributed by atoms with Crippen LogP contribution in [0.15, 0.2) is 53.1 Å². The fraction of sp³-hybridized carbons (Fsp3) is 0. The highest BCUT2D eigenvalue weighted by molar-refractivity contribution is 9.10. The van der Waals surface area contributed by atoms with Crippen molar-refractivity contribution in [3.8, 4) is 0 Å². The second-order valence-electron chi connectivity index (χ2n) is 4.31. The van der Waals surface area contributed by atoms with Crippen molar-refractivity contribution >= 4 is 38.3 Å². The Bertz CT molecular complexity index is 777. The number of carbonyl (C=O) groups excluding carboxylic acids is 1. The SMILES string of the molecule is Nc1ccccc1C(=O)c1c[nH]c2cc(Br)ccc12. The quantitative estimate of drug-likeness (QED) is 0.559. The van der Waals surface area contributed by atoms with Gasteiger partial charge >= 0.3 is 0 Å². The van der Waals surface area contributed by atoms with E-state index in [2.05, 4.69) is 20.9 Å². The Labute approximate surface area is 118 Å². The van der Waals surface area contributed by atoms with E-state index in [4.69, 9.17) is 5.73 Å². The summed E-state index contributed by atoms with van der Waals surface area (Å²) in [6.07, 6.45) is 1.73. The van der Waals surface area contributed by atoms with E-state index in [1.165, 1.54) is 0 Å². The number of rotatable bonds is 2. The van der Waals surface area contributed by atoms with Crippen LogP contribution in [0.2, 0.25) is 0 Å². The molecule has 1 heterocycles. The lowest BCUT2D eigenvalue weighted by Crippen LogP contribution is -2.04. The molecule has 0 atom stereocenters. The van der Waals surface area contributed by atoms with E-state index in [9.17, 15) is 4.79 Å². The van der Waals surface area contributed by atoms with Crippen LogP contribution in [0.4, 0.5) is 5.69 Å². The van der Waals surface area contributed by atoms with E-state index >= 15 is 0 Å². The molecule has 0 aliphatic carbocycles. The number of aromatic nitrogens is 1. The van der Waals surface area contributed by atoms with Crippen LogP contribution in [0.3, 0.4) is 0 Å². The molecule has 0 bridgehead atoms. The molecule has 0 spiro atoms. The molecule has 0 aliphatic rings. The molecule has 3 N–H and O–H groups in total. The zero-order valence-corrected chi connectivity index (χ0v) is 11.6. The molecule has 0 saturated heterocycles. The second-order valence-corrected chi connectivity index (χ2v) is 5.22. The number of para-hydroxylation sites is 1. The Morgan fingerprint density at radius 2 is 1.89 bits per heavy atom. The van der Waals surface area contributed by atoms with Crippen molar-refractivity contribution < 1.29 is 4.79 Å². The Morgan fingerprint density at radius 1 is 1.11 bits per heavy atom. The van der Waals surface area contributed by atoms with E-state index in [0.29, 0.717) is 16.8 Å². The molecular weight excluding hydrogens is 304 g/mol. The summed E-state index contributed by atoms with van der Waals surface area (Å²) in [5, 5.41) is 0.899. The van der Waals surface area contributed by atoms with Crippen molar-refractivity contribution in [3.63, 3.8) is 0 Å². The number of anilines is 1. The first-order chi connectivity index (χ1) is 9.16. The van der Waals surface area contributed by atoms with Gasteiger partial charge in [0.15, 0.2) is 5.78 Å². The number of ketones is 1. The molecule has 3 nitrogen and oxygen atoms in total. The van der Waals surface area contributed by atoms with E-state index in [-0.39, 0.29) is 5.78 Å². The molecule has 0 saturated carbocycles. The van der Waals surface area contributed by atoms with Gasteiger partial charge in [0.05, 0.1) is 0 Å². The monoisotopic (exact) mass is 314 g/mol. The largest absolute Gasteiger partial charge is 0.398 e. The molecule has 3 aromatic rings. The molecule has 19 heavy (non-hydrogen) atoms. The lowest BCUT2D eigenvalue weighted by Gasteiger charge is -2.03. The number of aromatic amines is 1. The number of hydrogen-bond acceptors (Lipinski definition) is 2. The highest BCUT2D eigenvalue weighted by Crippen LogP contribution is 2.25. The average Bonchev–Trinajstić information content (AvgIpc) is 2.81. The molecule has 0 fully saturated rings. The first-order valence-electron chi connectivity index (χ1n) is 5.82. The van der Waals surface area contributed by atoms with Gasteiger partial charge in [0.25, 0.3) is 0 Å². The van der Waals surface area contributed by atoms with Gasteiger partial charge in [-0.15, -0.1) is 0 Å². The van der Waals surface area contributed by atoms with Crippen LogP contribution < -0.4 is 5.73 Å². The van der Waals surface area contributed by atoms with Gasteiger partial charge in [-0.05, 0) is 24.3 Å². The number of nitrogens with two attached hydrogens (primary N) is 1. The van der Waals surface area contributed by atoms with Crippen LogP contribution in [0, 0.1) is 0 Å². The summed E-state index contributed by atoms with van der Waals surface area (Å²) in [7, 11) is 0. The first kappa shape index (κ1) is 12.0. The third-order valence-electron chi connectivity index (χ3n) is 3.09. The van der Waals surface area contributed by atoms with Crippen molar-refractivity contribution in [2.24, 2.45) is 0 Å². The predicted octanol–water partition coefficient (Wildman–Crippen LogP) is 3.74. The van der Waals surface area contributed by atoms with Gasteiger partial charge < -0.3 is 10.7 Å². The predicted molar refractivity (Wildman–Crippen MR) is 80.3 cm³/mol. The minimum absolute atomic E-state index is 0.0633. The summed E-state index contributed by atoms with van der Waals surface area (Å²) in [4.78, 5) is 15.6. The average molecular weight is 315 g/mol. The number of halogens is 1. The smallest absolute Gasteiger partial charge is 0.197 e. The number of carbonyl (C=O) groups is 1. The molecule has 0 amide bonds. The molecule has 2 aromatic carbocycles.